The van der Waals surface area contributed by atoms with Gasteiger partial charge in [0.05, 0.1) is 64.2 Å². The van der Waals surface area contributed by atoms with Crippen molar-refractivity contribution in [3.05, 3.63) is 70.8 Å². The highest BCUT2D eigenvalue weighted by Gasteiger charge is 2.14. The van der Waals surface area contributed by atoms with Gasteiger partial charge in [-0.2, -0.15) is 0 Å². The average molecular weight is 579 g/mol. The van der Waals surface area contributed by atoms with Crippen LogP contribution in [-0.2, 0) is 18.9 Å². The van der Waals surface area contributed by atoms with Gasteiger partial charge in [0.25, 0.3) is 0 Å². The van der Waals surface area contributed by atoms with Gasteiger partial charge in [-0.05, 0) is 37.1 Å². The number of aromatic hydroxyl groups is 2. The molecule has 10 heteroatoms. The molecule has 1 heterocycles. The van der Waals surface area contributed by atoms with Crippen LogP contribution in [0.15, 0.2) is 58.5 Å². The van der Waals surface area contributed by atoms with Gasteiger partial charge < -0.3 is 38.6 Å². The van der Waals surface area contributed by atoms with Crippen molar-refractivity contribution in [3.8, 4) is 23.0 Å². The topological polar surface area (TPSA) is 121 Å². The molecule has 0 aromatic heterocycles. The van der Waals surface area contributed by atoms with Gasteiger partial charge >= 0.3 is 0 Å². The van der Waals surface area contributed by atoms with Gasteiger partial charge in [0, 0.05) is 35.7 Å². The Bertz CT molecular complexity index is 1260. The van der Waals surface area contributed by atoms with Crippen molar-refractivity contribution >= 4 is 23.8 Å². The minimum atomic E-state index is 0.151. The fourth-order valence-electron chi connectivity index (χ4n) is 4.00. The standard InChI is InChI=1S/C32H38N2O8/c1-23-5-3-7-25(31(23)35)21-33-27-19-29-30(20-28(27)34-22-26-8-4-6-24(2)32(26)36)42-18-16-40-14-12-38-10-9-37-11-13-39-15-17-41-29/h3-8,19-22,35-36H,9-18H2,1-2H3. The maximum absolute atomic E-state index is 10.5. The highest BCUT2D eigenvalue weighted by atomic mass is 16.6. The van der Waals surface area contributed by atoms with E-state index in [0.717, 1.165) is 11.1 Å². The van der Waals surface area contributed by atoms with Crippen LogP contribution in [-0.4, -0.2) is 88.7 Å². The predicted octanol–water partition coefficient (Wildman–Crippen LogP) is 5.05. The average Bonchev–Trinajstić information content (AvgIpc) is 2.98. The molecule has 0 saturated heterocycles. The van der Waals surface area contributed by atoms with Crippen LogP contribution in [0.5, 0.6) is 23.0 Å². The van der Waals surface area contributed by atoms with Gasteiger partial charge in [0.15, 0.2) is 11.5 Å². The molecule has 1 aliphatic rings. The van der Waals surface area contributed by atoms with Crippen molar-refractivity contribution in [3.63, 3.8) is 0 Å². The molecule has 224 valence electrons. The maximum Gasteiger partial charge on any atom is 0.163 e. The highest BCUT2D eigenvalue weighted by Crippen LogP contribution is 2.40. The Kier molecular flexibility index (Phi) is 12.2. The number of hydrogen-bond donors (Lipinski definition) is 2. The number of benzene rings is 3. The molecular formula is C32H38N2O8. The SMILES string of the molecule is Cc1cccc(C=Nc2cc3c(cc2N=Cc2cccc(C)c2O)OCCOCCOCCOCCOCCO3)c1O. The summed E-state index contributed by atoms with van der Waals surface area (Å²) >= 11 is 0. The van der Waals surface area contributed by atoms with Crippen LogP contribution in [0.3, 0.4) is 0 Å². The smallest absolute Gasteiger partial charge is 0.163 e. The van der Waals surface area contributed by atoms with Crippen LogP contribution in [0.2, 0.25) is 0 Å². The van der Waals surface area contributed by atoms with Crippen LogP contribution in [0, 0.1) is 13.8 Å². The van der Waals surface area contributed by atoms with Crippen LogP contribution >= 0.6 is 0 Å². The summed E-state index contributed by atoms with van der Waals surface area (Å²) in [5, 5.41) is 21.0. The second kappa shape index (κ2) is 16.5. The zero-order valence-corrected chi connectivity index (χ0v) is 24.1. The van der Waals surface area contributed by atoms with Crippen LogP contribution in [0.1, 0.15) is 22.3 Å². The van der Waals surface area contributed by atoms with Crippen LogP contribution < -0.4 is 9.47 Å². The van der Waals surface area contributed by atoms with Crippen molar-refractivity contribution in [2.24, 2.45) is 9.98 Å². The van der Waals surface area contributed by atoms with Gasteiger partial charge in [-0.15, -0.1) is 0 Å². The summed E-state index contributed by atoms with van der Waals surface area (Å²) in [6, 6.07) is 14.4. The Hall–Kier alpha value is -3.96. The van der Waals surface area contributed by atoms with Crippen molar-refractivity contribution in [2.45, 2.75) is 13.8 Å². The number of aryl methyl sites for hydroxylation is 2. The van der Waals surface area contributed by atoms with Crippen molar-refractivity contribution in [1.29, 1.82) is 0 Å². The third-order valence-electron chi connectivity index (χ3n) is 6.35. The molecule has 4 rings (SSSR count). The molecule has 0 bridgehead atoms. The van der Waals surface area contributed by atoms with E-state index in [9.17, 15) is 10.2 Å². The van der Waals surface area contributed by atoms with Crippen molar-refractivity contribution in [1.82, 2.24) is 0 Å². The van der Waals surface area contributed by atoms with Gasteiger partial charge in [0.1, 0.15) is 24.7 Å². The number of rotatable bonds is 4. The van der Waals surface area contributed by atoms with E-state index in [1.165, 1.54) is 0 Å². The molecule has 10 nitrogen and oxygen atoms in total. The lowest BCUT2D eigenvalue weighted by atomic mass is 10.1. The maximum atomic E-state index is 10.5. The third-order valence-corrected chi connectivity index (χ3v) is 6.35. The number of aliphatic imine (C=N–C) groups is 2. The summed E-state index contributed by atoms with van der Waals surface area (Å²) in [6.07, 6.45) is 3.16. The third kappa shape index (κ3) is 9.28. The molecule has 0 radical (unpaired) electrons. The Balaban J connectivity index is 1.66. The summed E-state index contributed by atoms with van der Waals surface area (Å²) in [5.41, 5.74) is 3.57. The van der Waals surface area contributed by atoms with E-state index >= 15 is 0 Å². The lowest BCUT2D eigenvalue weighted by molar-refractivity contribution is -0.00841. The molecule has 0 amide bonds. The number of nitrogens with zero attached hydrogens (tertiary/aromatic N) is 2. The zero-order valence-electron chi connectivity index (χ0n) is 24.1. The summed E-state index contributed by atoms with van der Waals surface area (Å²) < 4.78 is 34.4. The van der Waals surface area contributed by atoms with E-state index in [2.05, 4.69) is 9.98 Å². The molecule has 0 atom stereocenters. The first-order chi connectivity index (χ1) is 20.5. The summed E-state index contributed by atoms with van der Waals surface area (Å²) in [6.45, 7) is 7.69. The fourth-order valence-corrected chi connectivity index (χ4v) is 4.00. The minimum absolute atomic E-state index is 0.151. The van der Waals surface area contributed by atoms with E-state index in [1.54, 1.807) is 36.7 Å². The molecule has 0 unspecified atom stereocenters. The Labute approximate surface area is 246 Å². The van der Waals surface area contributed by atoms with Gasteiger partial charge in [0.2, 0.25) is 0 Å². The normalized spacial score (nSPS) is 16.3. The predicted molar refractivity (Wildman–Crippen MR) is 161 cm³/mol. The molecule has 0 spiro atoms. The quantitative estimate of drug-likeness (QED) is 0.413. The monoisotopic (exact) mass is 578 g/mol. The second-order valence-electron chi connectivity index (χ2n) is 9.48. The highest BCUT2D eigenvalue weighted by molar-refractivity contribution is 5.90. The van der Waals surface area contributed by atoms with Crippen molar-refractivity contribution < 1.29 is 38.6 Å². The van der Waals surface area contributed by atoms with E-state index in [0.29, 0.717) is 86.9 Å². The zero-order chi connectivity index (χ0) is 29.6. The van der Waals surface area contributed by atoms with Crippen LogP contribution in [0.25, 0.3) is 0 Å². The molecule has 1 aliphatic heterocycles. The van der Waals surface area contributed by atoms with Gasteiger partial charge in [-0.25, -0.2) is 0 Å². The first-order valence-electron chi connectivity index (χ1n) is 13.9. The molecule has 0 aliphatic carbocycles. The first kappa shape index (κ1) is 31.0. The van der Waals surface area contributed by atoms with Gasteiger partial charge in [-0.3, -0.25) is 9.98 Å². The number of fused-ring (bicyclic) bond motifs is 1. The lowest BCUT2D eigenvalue weighted by Crippen LogP contribution is -2.16. The molecule has 0 fully saturated rings. The lowest BCUT2D eigenvalue weighted by Gasteiger charge is -2.16. The summed E-state index contributed by atoms with van der Waals surface area (Å²) in [4.78, 5) is 9.31. The van der Waals surface area contributed by atoms with E-state index in [1.807, 2.05) is 38.1 Å². The molecular weight excluding hydrogens is 540 g/mol. The largest absolute Gasteiger partial charge is 0.507 e. The Morgan fingerprint density at radius 1 is 0.548 bits per heavy atom. The summed E-state index contributed by atoms with van der Waals surface area (Å²) in [7, 11) is 0. The second-order valence-corrected chi connectivity index (χ2v) is 9.48. The Morgan fingerprint density at radius 3 is 1.29 bits per heavy atom. The van der Waals surface area contributed by atoms with Crippen LogP contribution in [0.4, 0.5) is 11.4 Å². The molecule has 42 heavy (non-hydrogen) atoms. The number of phenols is 2. The minimum Gasteiger partial charge on any atom is -0.507 e. The number of phenolic OH excluding ortho intramolecular Hbond substituents is 2. The van der Waals surface area contributed by atoms with Crippen molar-refractivity contribution in [2.75, 3.05) is 66.1 Å². The van der Waals surface area contributed by atoms with E-state index in [-0.39, 0.29) is 24.7 Å². The number of ether oxygens (including phenoxy) is 6. The number of hydrogen-bond acceptors (Lipinski definition) is 10. The van der Waals surface area contributed by atoms with E-state index < -0.39 is 0 Å². The molecule has 3 aromatic rings. The van der Waals surface area contributed by atoms with E-state index in [4.69, 9.17) is 28.4 Å². The fraction of sp³-hybridized carbons (Fsp3) is 0.375. The number of para-hydroxylation sites is 2. The molecule has 3 aromatic carbocycles. The molecule has 2 N–H and O–H groups in total. The summed E-state index contributed by atoms with van der Waals surface area (Å²) in [5.74, 6) is 1.21. The molecule has 0 saturated carbocycles. The first-order valence-corrected chi connectivity index (χ1v) is 13.9. The Morgan fingerprint density at radius 2 is 0.905 bits per heavy atom. The van der Waals surface area contributed by atoms with Gasteiger partial charge in [-0.1, -0.05) is 24.3 Å².